The molecular weight excluding hydrogens is 350 g/mol. The Morgan fingerprint density at radius 3 is 2.61 bits per heavy atom. The van der Waals surface area contributed by atoms with E-state index in [1.54, 1.807) is 18.9 Å². The summed E-state index contributed by atoms with van der Waals surface area (Å²) in [6.07, 6.45) is 1.90. The molecule has 28 heavy (non-hydrogen) atoms. The lowest BCUT2D eigenvalue weighted by Gasteiger charge is -2.17. The standard InChI is InChI=1S/C23H25N3O2/c1-15(27)17-5-3-6-18(11-17)19-7-4-8-20(12-19)23(28)26(2)14-21-13-22(25-24-21)16-9-10-16/h3-8,11-13,15-16,27H,9-10,14H2,1-2H3,(H,24,25)/t15-/m0/s1. The van der Waals surface area contributed by atoms with Crippen LogP contribution in [0, 0.1) is 0 Å². The van der Waals surface area contributed by atoms with Crippen LogP contribution in [0.25, 0.3) is 11.1 Å². The van der Waals surface area contributed by atoms with E-state index in [1.807, 2.05) is 48.5 Å². The topological polar surface area (TPSA) is 69.2 Å². The summed E-state index contributed by atoms with van der Waals surface area (Å²) in [5.74, 6) is 0.566. The third-order valence-corrected chi connectivity index (χ3v) is 5.21. The van der Waals surface area contributed by atoms with Crippen LogP contribution in [0.1, 0.15) is 59.1 Å². The number of benzene rings is 2. The second-order valence-corrected chi connectivity index (χ2v) is 7.64. The largest absolute Gasteiger partial charge is 0.389 e. The fourth-order valence-electron chi connectivity index (χ4n) is 3.41. The molecule has 1 heterocycles. The number of hydrogen-bond donors (Lipinski definition) is 2. The number of carbonyl (C=O) groups is 1. The molecule has 0 aliphatic heterocycles. The summed E-state index contributed by atoms with van der Waals surface area (Å²) in [6, 6.07) is 17.5. The van der Waals surface area contributed by atoms with Gasteiger partial charge in [-0.25, -0.2) is 0 Å². The first-order valence-electron chi connectivity index (χ1n) is 9.69. The van der Waals surface area contributed by atoms with Gasteiger partial charge in [0.2, 0.25) is 0 Å². The first-order chi connectivity index (χ1) is 13.5. The number of nitrogens with one attached hydrogen (secondary N) is 1. The molecule has 0 bridgehead atoms. The molecule has 1 aliphatic carbocycles. The number of amides is 1. The fraction of sp³-hybridized carbons (Fsp3) is 0.304. The van der Waals surface area contributed by atoms with E-state index in [0.29, 0.717) is 18.0 Å². The summed E-state index contributed by atoms with van der Waals surface area (Å²) >= 11 is 0. The lowest BCUT2D eigenvalue weighted by Crippen LogP contribution is -2.26. The zero-order valence-corrected chi connectivity index (χ0v) is 16.2. The second kappa shape index (κ2) is 7.60. The average Bonchev–Trinajstić information content (AvgIpc) is 3.47. The maximum Gasteiger partial charge on any atom is 0.253 e. The highest BCUT2D eigenvalue weighted by atomic mass is 16.3. The van der Waals surface area contributed by atoms with E-state index in [-0.39, 0.29) is 5.91 Å². The summed E-state index contributed by atoms with van der Waals surface area (Å²) in [4.78, 5) is 14.6. The third kappa shape index (κ3) is 3.99. The minimum Gasteiger partial charge on any atom is -0.389 e. The van der Waals surface area contributed by atoms with Gasteiger partial charge in [0.15, 0.2) is 0 Å². The number of aromatic nitrogens is 2. The van der Waals surface area contributed by atoms with Crippen molar-refractivity contribution in [1.29, 1.82) is 0 Å². The minimum atomic E-state index is -0.522. The molecule has 0 saturated heterocycles. The second-order valence-electron chi connectivity index (χ2n) is 7.64. The first kappa shape index (κ1) is 18.4. The van der Waals surface area contributed by atoms with Crippen molar-refractivity contribution in [3.63, 3.8) is 0 Å². The Kier molecular flexibility index (Phi) is 5.01. The highest BCUT2D eigenvalue weighted by Gasteiger charge is 2.26. The molecule has 2 aromatic carbocycles. The average molecular weight is 375 g/mol. The zero-order valence-electron chi connectivity index (χ0n) is 16.2. The van der Waals surface area contributed by atoms with Crippen LogP contribution in [-0.2, 0) is 6.54 Å². The minimum absolute atomic E-state index is 0.0314. The monoisotopic (exact) mass is 375 g/mol. The molecule has 5 nitrogen and oxygen atoms in total. The van der Waals surface area contributed by atoms with Gasteiger partial charge in [0, 0.05) is 18.5 Å². The molecule has 144 valence electrons. The van der Waals surface area contributed by atoms with Gasteiger partial charge < -0.3 is 10.0 Å². The van der Waals surface area contributed by atoms with E-state index in [1.165, 1.54) is 12.8 Å². The highest BCUT2D eigenvalue weighted by Crippen LogP contribution is 2.39. The summed E-state index contributed by atoms with van der Waals surface area (Å²) in [5, 5.41) is 17.2. The van der Waals surface area contributed by atoms with Crippen LogP contribution in [0.15, 0.2) is 54.6 Å². The molecule has 1 aliphatic rings. The van der Waals surface area contributed by atoms with Gasteiger partial charge in [0.05, 0.1) is 24.0 Å². The van der Waals surface area contributed by atoms with E-state index >= 15 is 0 Å². The first-order valence-corrected chi connectivity index (χ1v) is 9.69. The number of hydrogen-bond acceptors (Lipinski definition) is 3. The number of aliphatic hydroxyl groups is 1. The highest BCUT2D eigenvalue weighted by molar-refractivity contribution is 5.95. The van der Waals surface area contributed by atoms with Crippen molar-refractivity contribution in [1.82, 2.24) is 15.1 Å². The number of carbonyl (C=O) groups excluding carboxylic acids is 1. The van der Waals surface area contributed by atoms with Gasteiger partial charge in [-0.05, 0) is 60.7 Å². The smallest absolute Gasteiger partial charge is 0.253 e. The fourth-order valence-corrected chi connectivity index (χ4v) is 3.41. The summed E-state index contributed by atoms with van der Waals surface area (Å²) in [5.41, 5.74) is 5.51. The van der Waals surface area contributed by atoms with Crippen molar-refractivity contribution in [2.75, 3.05) is 7.05 Å². The van der Waals surface area contributed by atoms with Crippen LogP contribution in [0.3, 0.4) is 0 Å². The summed E-state index contributed by atoms with van der Waals surface area (Å²) in [6.45, 7) is 2.25. The molecule has 1 saturated carbocycles. The van der Waals surface area contributed by atoms with Gasteiger partial charge in [-0.1, -0.05) is 30.3 Å². The van der Waals surface area contributed by atoms with Gasteiger partial charge in [0.1, 0.15) is 0 Å². The van der Waals surface area contributed by atoms with Gasteiger partial charge >= 0.3 is 0 Å². The van der Waals surface area contributed by atoms with Crippen molar-refractivity contribution in [3.8, 4) is 11.1 Å². The molecule has 0 radical (unpaired) electrons. The van der Waals surface area contributed by atoms with Crippen molar-refractivity contribution in [2.45, 2.75) is 38.3 Å². The molecule has 1 atom stereocenters. The number of rotatable bonds is 6. The molecule has 1 aromatic heterocycles. The molecule has 3 aromatic rings. The van der Waals surface area contributed by atoms with Crippen LogP contribution >= 0.6 is 0 Å². The Hall–Kier alpha value is -2.92. The predicted octanol–water partition coefficient (Wildman–Crippen LogP) is 4.28. The molecular formula is C23H25N3O2. The van der Waals surface area contributed by atoms with Crippen LogP contribution in [0.5, 0.6) is 0 Å². The molecule has 1 fully saturated rings. The van der Waals surface area contributed by atoms with Crippen LogP contribution in [0.2, 0.25) is 0 Å². The molecule has 4 rings (SSSR count). The maximum atomic E-state index is 12.9. The lowest BCUT2D eigenvalue weighted by molar-refractivity contribution is 0.0783. The van der Waals surface area contributed by atoms with Gasteiger partial charge in [-0.15, -0.1) is 0 Å². The van der Waals surface area contributed by atoms with Crippen molar-refractivity contribution in [3.05, 3.63) is 77.1 Å². The molecule has 0 spiro atoms. The SMILES string of the molecule is C[C@H](O)c1cccc(-c2cccc(C(=O)N(C)Cc3cc(C4CC4)n[nH]3)c2)c1. The summed E-state index contributed by atoms with van der Waals surface area (Å²) in [7, 11) is 1.81. The number of H-pyrrole nitrogens is 1. The van der Waals surface area contributed by atoms with E-state index < -0.39 is 6.10 Å². The third-order valence-electron chi connectivity index (χ3n) is 5.21. The van der Waals surface area contributed by atoms with Crippen molar-refractivity contribution >= 4 is 5.91 Å². The molecule has 2 N–H and O–H groups in total. The van der Waals surface area contributed by atoms with Crippen LogP contribution in [-0.4, -0.2) is 33.2 Å². The Bertz CT molecular complexity index is 989. The number of aliphatic hydroxyl groups excluding tert-OH is 1. The summed E-state index contributed by atoms with van der Waals surface area (Å²) < 4.78 is 0. The lowest BCUT2D eigenvalue weighted by atomic mass is 9.99. The van der Waals surface area contributed by atoms with Crippen molar-refractivity contribution in [2.24, 2.45) is 0 Å². The molecule has 1 amide bonds. The quantitative estimate of drug-likeness (QED) is 0.676. The Labute approximate surface area is 165 Å². The van der Waals surface area contributed by atoms with Crippen LogP contribution in [0.4, 0.5) is 0 Å². The van der Waals surface area contributed by atoms with E-state index in [9.17, 15) is 9.90 Å². The van der Waals surface area contributed by atoms with Gasteiger partial charge in [-0.3, -0.25) is 9.89 Å². The number of nitrogens with zero attached hydrogens (tertiary/aromatic N) is 2. The molecule has 0 unspecified atom stereocenters. The maximum absolute atomic E-state index is 12.9. The van der Waals surface area contributed by atoms with E-state index in [0.717, 1.165) is 28.1 Å². The normalized spacial score (nSPS) is 14.7. The number of aromatic amines is 1. The Balaban J connectivity index is 1.51. The zero-order chi connectivity index (χ0) is 19.7. The van der Waals surface area contributed by atoms with Crippen molar-refractivity contribution < 1.29 is 9.90 Å². The predicted molar refractivity (Wildman–Crippen MR) is 109 cm³/mol. The Morgan fingerprint density at radius 2 is 1.89 bits per heavy atom. The molecule has 5 heteroatoms. The Morgan fingerprint density at radius 1 is 1.18 bits per heavy atom. The van der Waals surface area contributed by atoms with Gasteiger partial charge in [0.25, 0.3) is 5.91 Å². The van der Waals surface area contributed by atoms with E-state index in [2.05, 4.69) is 16.3 Å². The van der Waals surface area contributed by atoms with E-state index in [4.69, 9.17) is 0 Å². The van der Waals surface area contributed by atoms with Crippen LogP contribution < -0.4 is 0 Å². The van der Waals surface area contributed by atoms with Gasteiger partial charge in [-0.2, -0.15) is 5.10 Å².